The highest BCUT2D eigenvalue weighted by Crippen LogP contribution is 2.22. The molecule has 0 aromatic heterocycles. The highest BCUT2D eigenvalue weighted by atomic mass is 16.2. The summed E-state index contributed by atoms with van der Waals surface area (Å²) in [5.74, 6) is 0.000255. The van der Waals surface area contributed by atoms with E-state index >= 15 is 0 Å². The second-order valence-corrected chi connectivity index (χ2v) is 7.27. The number of amides is 1. The van der Waals surface area contributed by atoms with Crippen LogP contribution in [0.15, 0.2) is 42.5 Å². The molecule has 1 atom stereocenters. The third-order valence-corrected chi connectivity index (χ3v) is 5.59. The van der Waals surface area contributed by atoms with Crippen molar-refractivity contribution in [3.63, 3.8) is 0 Å². The van der Waals surface area contributed by atoms with Crippen molar-refractivity contribution in [2.75, 3.05) is 36.4 Å². The lowest BCUT2D eigenvalue weighted by Gasteiger charge is -2.36. The van der Waals surface area contributed by atoms with Gasteiger partial charge in [0.2, 0.25) is 0 Å². The van der Waals surface area contributed by atoms with Crippen molar-refractivity contribution in [1.29, 1.82) is 5.26 Å². The first-order valence-corrected chi connectivity index (χ1v) is 9.46. The van der Waals surface area contributed by atoms with Gasteiger partial charge in [-0.3, -0.25) is 4.79 Å². The highest BCUT2D eigenvalue weighted by molar-refractivity contribution is 5.93. The normalized spacial score (nSPS) is 15.9. The number of anilines is 2. The van der Waals surface area contributed by atoms with Crippen LogP contribution in [0.5, 0.6) is 0 Å². The monoisotopic (exact) mass is 363 g/mol. The number of carbonyl (C=O) groups excluding carboxylic acids is 1. The Bertz CT molecular complexity index is 863. The Morgan fingerprint density at radius 2 is 1.89 bits per heavy atom. The van der Waals surface area contributed by atoms with Gasteiger partial charge in [0.15, 0.2) is 6.04 Å². The van der Waals surface area contributed by atoms with Crippen LogP contribution >= 0.6 is 0 Å². The van der Waals surface area contributed by atoms with E-state index < -0.39 is 0 Å². The molecule has 140 valence electrons. The fourth-order valence-electron chi connectivity index (χ4n) is 3.65. The molecule has 0 unspecified atom stereocenters. The van der Waals surface area contributed by atoms with Crippen LogP contribution in [0.25, 0.3) is 0 Å². The Kier molecular flexibility index (Phi) is 5.78. The van der Waals surface area contributed by atoms with Crippen LogP contribution in [0.4, 0.5) is 11.4 Å². The number of hydrogen-bond acceptors (Lipinski definition) is 3. The van der Waals surface area contributed by atoms with Gasteiger partial charge >= 0.3 is 0 Å². The molecule has 2 aromatic rings. The molecule has 2 N–H and O–H groups in total. The summed E-state index contributed by atoms with van der Waals surface area (Å²) >= 11 is 0. The molecule has 0 saturated carbocycles. The lowest BCUT2D eigenvalue weighted by Crippen LogP contribution is -3.19. The van der Waals surface area contributed by atoms with Crippen molar-refractivity contribution in [3.05, 3.63) is 59.2 Å². The second kappa shape index (κ2) is 8.24. The molecule has 1 fully saturated rings. The van der Waals surface area contributed by atoms with Crippen LogP contribution in [0, 0.1) is 25.2 Å². The molecule has 0 radical (unpaired) electrons. The number of nitrogens with zero attached hydrogens (tertiary/aromatic N) is 2. The zero-order chi connectivity index (χ0) is 19.4. The van der Waals surface area contributed by atoms with E-state index in [9.17, 15) is 4.79 Å². The van der Waals surface area contributed by atoms with E-state index in [-0.39, 0.29) is 11.9 Å². The minimum Gasteiger partial charge on any atom is -0.360 e. The van der Waals surface area contributed by atoms with Gasteiger partial charge in [-0.25, -0.2) is 0 Å². The fraction of sp³-hybridized carbons (Fsp3) is 0.364. The fourth-order valence-corrected chi connectivity index (χ4v) is 3.65. The molecular formula is C22H27N4O+. The lowest BCUT2D eigenvalue weighted by atomic mass is 10.1. The SMILES string of the molecule is Cc1cccc(N2CC[NH+]([C@@H](C)C(=O)Nc3cccc(C#N)c3)CC2)c1C. The molecule has 27 heavy (non-hydrogen) atoms. The maximum Gasteiger partial charge on any atom is 0.282 e. The van der Waals surface area contributed by atoms with Gasteiger partial charge in [-0.05, 0) is 56.2 Å². The number of nitriles is 1. The Labute approximate surface area is 161 Å². The number of rotatable bonds is 4. The summed E-state index contributed by atoms with van der Waals surface area (Å²) in [6, 6.07) is 15.5. The van der Waals surface area contributed by atoms with Gasteiger partial charge in [0.25, 0.3) is 5.91 Å². The average Bonchev–Trinajstić information content (AvgIpc) is 2.70. The smallest absolute Gasteiger partial charge is 0.282 e. The van der Waals surface area contributed by atoms with Gasteiger partial charge in [0.1, 0.15) is 0 Å². The van der Waals surface area contributed by atoms with Crippen LogP contribution < -0.4 is 15.1 Å². The zero-order valence-corrected chi connectivity index (χ0v) is 16.2. The maximum absolute atomic E-state index is 12.6. The Hall–Kier alpha value is -2.84. The molecule has 5 heteroatoms. The molecule has 1 aliphatic heterocycles. The number of carbonyl (C=O) groups is 1. The third-order valence-electron chi connectivity index (χ3n) is 5.59. The minimum absolute atomic E-state index is 0.000255. The predicted octanol–water partition coefficient (Wildman–Crippen LogP) is 1.91. The molecule has 0 spiro atoms. The first-order chi connectivity index (χ1) is 13.0. The van der Waals surface area contributed by atoms with E-state index in [0.29, 0.717) is 11.3 Å². The van der Waals surface area contributed by atoms with Crippen LogP contribution in [0.2, 0.25) is 0 Å². The minimum atomic E-state index is -0.128. The number of quaternary nitrogens is 1. The van der Waals surface area contributed by atoms with E-state index in [4.69, 9.17) is 5.26 Å². The average molecular weight is 363 g/mol. The Morgan fingerprint density at radius 1 is 1.19 bits per heavy atom. The summed E-state index contributed by atoms with van der Waals surface area (Å²) in [5.41, 5.74) is 5.19. The highest BCUT2D eigenvalue weighted by Gasteiger charge is 2.29. The van der Waals surface area contributed by atoms with Crippen LogP contribution in [-0.2, 0) is 4.79 Å². The third kappa shape index (κ3) is 4.29. The molecule has 2 aromatic carbocycles. The molecule has 0 bridgehead atoms. The van der Waals surface area contributed by atoms with E-state index in [1.807, 2.05) is 13.0 Å². The quantitative estimate of drug-likeness (QED) is 0.872. The van der Waals surface area contributed by atoms with Gasteiger partial charge in [-0.15, -0.1) is 0 Å². The molecule has 5 nitrogen and oxygen atoms in total. The summed E-state index contributed by atoms with van der Waals surface area (Å²) in [5, 5.41) is 11.9. The number of piperazine rings is 1. The van der Waals surface area contributed by atoms with Gasteiger partial charge < -0.3 is 15.1 Å². The van der Waals surface area contributed by atoms with E-state index in [1.54, 1.807) is 18.2 Å². The number of benzene rings is 2. The zero-order valence-electron chi connectivity index (χ0n) is 16.2. The van der Waals surface area contributed by atoms with Crippen molar-refractivity contribution in [2.24, 2.45) is 0 Å². The van der Waals surface area contributed by atoms with E-state index in [0.717, 1.165) is 26.2 Å². The maximum atomic E-state index is 12.6. The first-order valence-electron chi connectivity index (χ1n) is 9.46. The predicted molar refractivity (Wildman–Crippen MR) is 108 cm³/mol. The standard InChI is InChI=1S/C22H26N4O/c1-16-6-4-9-21(17(16)2)26-12-10-25(11-13-26)18(3)22(27)24-20-8-5-7-19(14-20)15-23/h4-9,14,18H,10-13H2,1-3H3,(H,24,27)/p+1/t18-/m0/s1. The van der Waals surface area contributed by atoms with Crippen molar-refractivity contribution in [3.8, 4) is 6.07 Å². The van der Waals surface area contributed by atoms with Crippen molar-refractivity contribution in [2.45, 2.75) is 26.8 Å². The topological polar surface area (TPSA) is 60.6 Å². The number of aryl methyl sites for hydroxylation is 1. The summed E-state index contributed by atoms with van der Waals surface area (Å²) < 4.78 is 0. The molecule has 1 saturated heterocycles. The summed E-state index contributed by atoms with van der Waals surface area (Å²) in [7, 11) is 0. The second-order valence-electron chi connectivity index (χ2n) is 7.27. The molecule has 0 aliphatic carbocycles. The lowest BCUT2D eigenvalue weighted by molar-refractivity contribution is -0.914. The van der Waals surface area contributed by atoms with Crippen molar-refractivity contribution in [1.82, 2.24) is 0 Å². The largest absolute Gasteiger partial charge is 0.360 e. The van der Waals surface area contributed by atoms with Gasteiger partial charge in [0.05, 0.1) is 37.8 Å². The Morgan fingerprint density at radius 3 is 2.59 bits per heavy atom. The van der Waals surface area contributed by atoms with E-state index in [1.165, 1.54) is 21.7 Å². The summed E-state index contributed by atoms with van der Waals surface area (Å²) in [6.45, 7) is 10.1. The van der Waals surface area contributed by atoms with Crippen LogP contribution in [0.3, 0.4) is 0 Å². The molecule has 1 heterocycles. The first kappa shape index (κ1) is 18.9. The van der Waals surface area contributed by atoms with Crippen LogP contribution in [-0.4, -0.2) is 38.1 Å². The molecule has 3 rings (SSSR count). The van der Waals surface area contributed by atoms with Gasteiger partial charge in [0, 0.05) is 11.4 Å². The van der Waals surface area contributed by atoms with Crippen molar-refractivity contribution >= 4 is 17.3 Å². The number of hydrogen-bond donors (Lipinski definition) is 2. The Balaban J connectivity index is 1.59. The number of nitrogens with one attached hydrogen (secondary N) is 2. The van der Waals surface area contributed by atoms with Gasteiger partial charge in [-0.1, -0.05) is 18.2 Å². The van der Waals surface area contributed by atoms with Crippen molar-refractivity contribution < 1.29 is 9.69 Å². The van der Waals surface area contributed by atoms with E-state index in [2.05, 4.69) is 48.3 Å². The summed E-state index contributed by atoms with van der Waals surface area (Å²) in [6.07, 6.45) is 0. The summed E-state index contributed by atoms with van der Waals surface area (Å²) in [4.78, 5) is 16.4. The van der Waals surface area contributed by atoms with Crippen LogP contribution in [0.1, 0.15) is 23.6 Å². The molecule has 1 amide bonds. The van der Waals surface area contributed by atoms with Gasteiger partial charge in [-0.2, -0.15) is 5.26 Å². The molecule has 1 aliphatic rings. The molecular weight excluding hydrogens is 336 g/mol.